The Labute approximate surface area is 124 Å². The van der Waals surface area contributed by atoms with Crippen LogP contribution in [0.25, 0.3) is 0 Å². The molecule has 0 heterocycles. The van der Waals surface area contributed by atoms with E-state index in [1.807, 2.05) is 0 Å². The van der Waals surface area contributed by atoms with E-state index in [0.717, 1.165) is 4.47 Å². The molecule has 1 aliphatic rings. The van der Waals surface area contributed by atoms with Gasteiger partial charge in [-0.3, -0.25) is 9.59 Å². The smallest absolute Gasteiger partial charge is 0.306 e. The van der Waals surface area contributed by atoms with Gasteiger partial charge in [0.15, 0.2) is 0 Å². The Morgan fingerprint density at radius 3 is 2.74 bits per heavy atom. The van der Waals surface area contributed by atoms with E-state index < -0.39 is 5.97 Å². The number of aliphatic carboxylic acids is 1. The highest BCUT2D eigenvalue weighted by Gasteiger charge is 2.30. The Morgan fingerprint density at radius 2 is 2.11 bits per heavy atom. The minimum atomic E-state index is -0.794. The molecular formula is C13H13BrClNO3. The van der Waals surface area contributed by atoms with Crippen LogP contribution in [0.3, 0.4) is 0 Å². The fourth-order valence-corrected chi connectivity index (χ4v) is 2.84. The maximum atomic E-state index is 12.1. The maximum Gasteiger partial charge on any atom is 0.306 e. The summed E-state index contributed by atoms with van der Waals surface area (Å²) in [4.78, 5) is 22.9. The number of rotatable bonds is 3. The first kappa shape index (κ1) is 14.3. The van der Waals surface area contributed by atoms with Crippen LogP contribution in [0, 0.1) is 5.92 Å². The number of amides is 1. The second-order valence-electron chi connectivity index (χ2n) is 4.64. The van der Waals surface area contributed by atoms with Crippen LogP contribution in [0.1, 0.15) is 29.6 Å². The van der Waals surface area contributed by atoms with Crippen LogP contribution in [0.15, 0.2) is 22.7 Å². The van der Waals surface area contributed by atoms with Crippen molar-refractivity contribution in [2.75, 3.05) is 0 Å². The summed E-state index contributed by atoms with van der Waals surface area (Å²) in [5, 5.41) is 12.1. The number of carbonyl (C=O) groups excluding carboxylic acids is 1. The standard InChI is InChI=1S/C13H13BrClNO3/c14-8-2-4-11(15)10(6-8)12(17)16-9-3-1-7(5-9)13(18)19/h2,4,6-7,9H,1,3,5H2,(H,16,17)(H,18,19)/t7-,9+/m1/s1. The third-order valence-electron chi connectivity index (χ3n) is 3.29. The van der Waals surface area contributed by atoms with Crippen molar-refractivity contribution in [2.45, 2.75) is 25.3 Å². The first-order valence-corrected chi connectivity index (χ1v) is 7.13. The zero-order valence-electron chi connectivity index (χ0n) is 10.0. The number of benzene rings is 1. The average molecular weight is 347 g/mol. The van der Waals surface area contributed by atoms with Crippen LogP contribution >= 0.6 is 27.5 Å². The van der Waals surface area contributed by atoms with E-state index in [0.29, 0.717) is 29.8 Å². The van der Waals surface area contributed by atoms with Crippen LogP contribution in [0.4, 0.5) is 0 Å². The molecule has 0 spiro atoms. The lowest BCUT2D eigenvalue weighted by molar-refractivity contribution is -0.141. The van der Waals surface area contributed by atoms with Crippen molar-refractivity contribution in [1.82, 2.24) is 5.32 Å². The largest absolute Gasteiger partial charge is 0.481 e. The van der Waals surface area contributed by atoms with E-state index in [1.165, 1.54) is 0 Å². The van der Waals surface area contributed by atoms with Crippen molar-refractivity contribution in [1.29, 1.82) is 0 Å². The summed E-state index contributed by atoms with van der Waals surface area (Å²) in [6, 6.07) is 4.97. The van der Waals surface area contributed by atoms with Gasteiger partial charge in [0.2, 0.25) is 0 Å². The monoisotopic (exact) mass is 345 g/mol. The molecule has 2 N–H and O–H groups in total. The average Bonchev–Trinajstić information content (AvgIpc) is 2.80. The molecule has 0 unspecified atom stereocenters. The number of carboxylic acid groups (broad SMARTS) is 1. The van der Waals surface area contributed by atoms with Crippen molar-refractivity contribution in [3.63, 3.8) is 0 Å². The normalized spacial score (nSPS) is 22.2. The maximum absolute atomic E-state index is 12.1. The summed E-state index contributed by atoms with van der Waals surface area (Å²) in [5.74, 6) is -1.41. The zero-order chi connectivity index (χ0) is 14.0. The van der Waals surface area contributed by atoms with Crippen LogP contribution < -0.4 is 5.32 Å². The van der Waals surface area contributed by atoms with E-state index in [1.54, 1.807) is 18.2 Å². The van der Waals surface area contributed by atoms with E-state index in [4.69, 9.17) is 16.7 Å². The van der Waals surface area contributed by atoms with Crippen molar-refractivity contribution < 1.29 is 14.7 Å². The molecule has 0 saturated heterocycles. The number of hydrogen-bond acceptors (Lipinski definition) is 2. The minimum Gasteiger partial charge on any atom is -0.481 e. The van der Waals surface area contributed by atoms with E-state index in [-0.39, 0.29) is 17.9 Å². The predicted octanol–water partition coefficient (Wildman–Crippen LogP) is 3.09. The summed E-state index contributed by atoms with van der Waals surface area (Å²) in [5.41, 5.74) is 0.398. The first-order chi connectivity index (χ1) is 8.97. The van der Waals surface area contributed by atoms with Gasteiger partial charge in [-0.15, -0.1) is 0 Å². The summed E-state index contributed by atoms with van der Waals surface area (Å²) in [6.45, 7) is 0. The molecule has 1 fully saturated rings. The lowest BCUT2D eigenvalue weighted by atomic mass is 10.1. The Morgan fingerprint density at radius 1 is 1.37 bits per heavy atom. The van der Waals surface area contributed by atoms with Gasteiger partial charge in [-0.2, -0.15) is 0 Å². The Kier molecular flexibility index (Phi) is 4.47. The van der Waals surface area contributed by atoms with E-state index >= 15 is 0 Å². The molecule has 1 amide bonds. The lowest BCUT2D eigenvalue weighted by Gasteiger charge is -2.13. The fourth-order valence-electron chi connectivity index (χ4n) is 2.27. The molecule has 0 radical (unpaired) electrons. The number of halogens is 2. The topological polar surface area (TPSA) is 66.4 Å². The molecule has 19 heavy (non-hydrogen) atoms. The third-order valence-corrected chi connectivity index (χ3v) is 4.11. The summed E-state index contributed by atoms with van der Waals surface area (Å²) in [6.07, 6.45) is 1.77. The Hall–Kier alpha value is -1.07. The highest BCUT2D eigenvalue weighted by atomic mass is 79.9. The lowest BCUT2D eigenvalue weighted by Crippen LogP contribution is -2.33. The van der Waals surface area contributed by atoms with Crippen molar-refractivity contribution in [3.05, 3.63) is 33.3 Å². The van der Waals surface area contributed by atoms with Crippen molar-refractivity contribution in [2.24, 2.45) is 5.92 Å². The van der Waals surface area contributed by atoms with Gasteiger partial charge in [-0.05, 0) is 37.5 Å². The van der Waals surface area contributed by atoms with Gasteiger partial charge in [-0.25, -0.2) is 0 Å². The Bertz CT molecular complexity index is 521. The SMILES string of the molecule is O=C(N[C@H]1CC[C@@H](C(=O)O)C1)c1cc(Br)ccc1Cl. The van der Waals surface area contributed by atoms with Crippen LogP contribution in [-0.2, 0) is 4.79 Å². The molecule has 102 valence electrons. The molecule has 6 heteroatoms. The molecule has 1 aromatic carbocycles. The molecule has 2 rings (SSSR count). The highest BCUT2D eigenvalue weighted by molar-refractivity contribution is 9.10. The number of hydrogen-bond donors (Lipinski definition) is 2. The minimum absolute atomic E-state index is 0.0938. The van der Waals surface area contributed by atoms with Gasteiger partial charge in [0, 0.05) is 10.5 Å². The van der Waals surface area contributed by atoms with Gasteiger partial charge in [0.25, 0.3) is 5.91 Å². The van der Waals surface area contributed by atoms with Crippen LogP contribution in [0.2, 0.25) is 5.02 Å². The van der Waals surface area contributed by atoms with Gasteiger partial charge in [0.1, 0.15) is 0 Å². The van der Waals surface area contributed by atoms with E-state index in [9.17, 15) is 9.59 Å². The molecule has 4 nitrogen and oxygen atoms in total. The third kappa shape index (κ3) is 3.48. The second kappa shape index (κ2) is 5.92. The highest BCUT2D eigenvalue weighted by Crippen LogP contribution is 2.27. The van der Waals surface area contributed by atoms with Crippen molar-refractivity contribution >= 4 is 39.4 Å². The number of nitrogens with one attached hydrogen (secondary N) is 1. The Balaban J connectivity index is 2.02. The second-order valence-corrected chi connectivity index (χ2v) is 5.97. The van der Waals surface area contributed by atoms with Crippen molar-refractivity contribution in [3.8, 4) is 0 Å². The van der Waals surface area contributed by atoms with Gasteiger partial charge in [0.05, 0.1) is 16.5 Å². The van der Waals surface area contributed by atoms with Crippen LogP contribution in [-0.4, -0.2) is 23.0 Å². The molecule has 1 saturated carbocycles. The molecule has 1 aliphatic carbocycles. The predicted molar refractivity (Wildman–Crippen MR) is 75.4 cm³/mol. The zero-order valence-corrected chi connectivity index (χ0v) is 12.4. The molecule has 2 atom stereocenters. The van der Waals surface area contributed by atoms with E-state index in [2.05, 4.69) is 21.2 Å². The fraction of sp³-hybridized carbons (Fsp3) is 0.385. The van der Waals surface area contributed by atoms with Crippen LogP contribution in [0.5, 0.6) is 0 Å². The molecule has 0 aliphatic heterocycles. The van der Waals surface area contributed by atoms with Gasteiger partial charge in [-0.1, -0.05) is 27.5 Å². The van der Waals surface area contributed by atoms with Gasteiger partial charge >= 0.3 is 5.97 Å². The number of carboxylic acids is 1. The first-order valence-electron chi connectivity index (χ1n) is 5.96. The molecular weight excluding hydrogens is 334 g/mol. The molecule has 0 aromatic heterocycles. The number of carbonyl (C=O) groups is 2. The summed E-state index contributed by atoms with van der Waals surface area (Å²) >= 11 is 9.27. The summed E-state index contributed by atoms with van der Waals surface area (Å²) in [7, 11) is 0. The van der Waals surface area contributed by atoms with Gasteiger partial charge < -0.3 is 10.4 Å². The summed E-state index contributed by atoms with van der Waals surface area (Å²) < 4.78 is 0.775. The molecule has 1 aromatic rings. The molecule has 0 bridgehead atoms. The quantitative estimate of drug-likeness (QED) is 0.884.